The molecule has 0 atom stereocenters. The summed E-state index contributed by atoms with van der Waals surface area (Å²) in [5.74, 6) is 0.329. The van der Waals surface area contributed by atoms with Crippen molar-refractivity contribution < 1.29 is 22.7 Å². The molecule has 1 N–H and O–H groups in total. The first-order valence-electron chi connectivity index (χ1n) is 9.58. The minimum Gasteiger partial charge on any atom is -0.494 e. The number of aryl methyl sites for hydroxylation is 1. The molecule has 0 saturated heterocycles. The van der Waals surface area contributed by atoms with E-state index in [-0.39, 0.29) is 18.1 Å². The van der Waals surface area contributed by atoms with Gasteiger partial charge in [-0.2, -0.15) is 13.2 Å². The summed E-state index contributed by atoms with van der Waals surface area (Å²) in [5, 5.41) is 2.84. The molecule has 7 heteroatoms. The van der Waals surface area contributed by atoms with Crippen molar-refractivity contribution in [3.05, 3.63) is 82.7 Å². The van der Waals surface area contributed by atoms with Crippen molar-refractivity contribution in [3.8, 4) is 11.4 Å². The van der Waals surface area contributed by atoms with Gasteiger partial charge in [-0.3, -0.25) is 4.79 Å². The maximum absolute atomic E-state index is 13.5. The van der Waals surface area contributed by atoms with Crippen LogP contribution in [0, 0.1) is 13.8 Å². The van der Waals surface area contributed by atoms with Gasteiger partial charge in [-0.1, -0.05) is 30.3 Å². The number of para-hydroxylation sites is 2. The summed E-state index contributed by atoms with van der Waals surface area (Å²) in [7, 11) is 0. The van der Waals surface area contributed by atoms with Crippen LogP contribution >= 0.6 is 0 Å². The molecule has 3 aromatic rings. The quantitative estimate of drug-likeness (QED) is 0.581. The van der Waals surface area contributed by atoms with Crippen LogP contribution in [-0.2, 0) is 12.7 Å². The highest BCUT2D eigenvalue weighted by atomic mass is 19.4. The molecule has 158 valence electrons. The van der Waals surface area contributed by atoms with E-state index in [0.29, 0.717) is 29.3 Å². The Morgan fingerprint density at radius 3 is 2.43 bits per heavy atom. The van der Waals surface area contributed by atoms with Crippen molar-refractivity contribution in [2.45, 2.75) is 33.5 Å². The van der Waals surface area contributed by atoms with E-state index >= 15 is 0 Å². The Kier molecular flexibility index (Phi) is 6.20. The fraction of sp³-hybridized carbons (Fsp3) is 0.261. The zero-order valence-corrected chi connectivity index (χ0v) is 17.0. The molecule has 30 heavy (non-hydrogen) atoms. The smallest absolute Gasteiger partial charge is 0.418 e. The molecule has 0 saturated carbocycles. The Balaban J connectivity index is 1.89. The second kappa shape index (κ2) is 8.65. The normalized spacial score (nSPS) is 11.4. The van der Waals surface area contributed by atoms with Crippen molar-refractivity contribution >= 4 is 5.91 Å². The summed E-state index contributed by atoms with van der Waals surface area (Å²) < 4.78 is 47.4. The van der Waals surface area contributed by atoms with E-state index in [9.17, 15) is 18.0 Å². The van der Waals surface area contributed by atoms with Crippen LogP contribution in [0.2, 0.25) is 0 Å². The van der Waals surface area contributed by atoms with Crippen LogP contribution in [0.15, 0.2) is 54.6 Å². The van der Waals surface area contributed by atoms with Gasteiger partial charge in [0.25, 0.3) is 5.91 Å². The number of hydrogen-bond acceptors (Lipinski definition) is 2. The standard InChI is InChI=1S/C23H23F3N2O2/c1-4-30-21-12-8-5-9-17(21)14-27-22(29)18-13-15(2)28(16(18)3)20-11-7-6-10-19(20)23(24,25)26/h5-13H,4,14H2,1-3H3,(H,27,29). The van der Waals surface area contributed by atoms with Crippen LogP contribution < -0.4 is 10.1 Å². The highest BCUT2D eigenvalue weighted by Crippen LogP contribution is 2.35. The van der Waals surface area contributed by atoms with Crippen LogP contribution in [0.25, 0.3) is 5.69 Å². The monoisotopic (exact) mass is 416 g/mol. The number of hydrogen-bond donors (Lipinski definition) is 1. The molecule has 0 radical (unpaired) electrons. The molecule has 4 nitrogen and oxygen atoms in total. The number of rotatable bonds is 6. The Morgan fingerprint density at radius 2 is 1.73 bits per heavy atom. The number of ether oxygens (including phenoxy) is 1. The summed E-state index contributed by atoms with van der Waals surface area (Å²) in [4.78, 5) is 12.8. The van der Waals surface area contributed by atoms with E-state index in [1.165, 1.54) is 16.7 Å². The number of nitrogens with zero attached hydrogens (tertiary/aromatic N) is 1. The molecule has 0 spiro atoms. The first kappa shape index (κ1) is 21.5. The van der Waals surface area contributed by atoms with Gasteiger partial charge in [0.1, 0.15) is 5.75 Å². The molecule has 0 fully saturated rings. The lowest BCUT2D eigenvalue weighted by molar-refractivity contribution is -0.137. The molecule has 1 amide bonds. The van der Waals surface area contributed by atoms with E-state index in [2.05, 4.69) is 5.32 Å². The second-order valence-corrected chi connectivity index (χ2v) is 6.86. The molecule has 1 heterocycles. The lowest BCUT2D eigenvalue weighted by Gasteiger charge is -2.17. The summed E-state index contributed by atoms with van der Waals surface area (Å²) in [6.07, 6.45) is -4.49. The van der Waals surface area contributed by atoms with Gasteiger partial charge in [0.05, 0.1) is 23.4 Å². The van der Waals surface area contributed by atoms with Gasteiger partial charge in [0.15, 0.2) is 0 Å². The Hall–Kier alpha value is -3.22. The number of benzene rings is 2. The molecule has 1 aromatic heterocycles. The zero-order chi connectivity index (χ0) is 21.9. The molecule has 0 unspecified atom stereocenters. The Labute approximate surface area is 173 Å². The highest BCUT2D eigenvalue weighted by molar-refractivity contribution is 5.96. The maximum Gasteiger partial charge on any atom is 0.418 e. The van der Waals surface area contributed by atoms with Crippen LogP contribution in [0.5, 0.6) is 5.75 Å². The minimum absolute atomic E-state index is 0.000687. The van der Waals surface area contributed by atoms with Gasteiger partial charge < -0.3 is 14.6 Å². The Bertz CT molecular complexity index is 1050. The summed E-state index contributed by atoms with van der Waals surface area (Å²) in [5.41, 5.74) is 1.40. The van der Waals surface area contributed by atoms with Gasteiger partial charge in [-0.05, 0) is 45.0 Å². The summed E-state index contributed by atoms with van der Waals surface area (Å²) in [6, 6.07) is 14.3. The largest absolute Gasteiger partial charge is 0.494 e. The third kappa shape index (κ3) is 4.35. The molecule has 2 aromatic carbocycles. The van der Waals surface area contributed by atoms with Crippen LogP contribution in [0.4, 0.5) is 13.2 Å². The number of carbonyl (C=O) groups is 1. The average Bonchev–Trinajstić information content (AvgIpc) is 3.00. The van der Waals surface area contributed by atoms with E-state index in [1.807, 2.05) is 31.2 Å². The SMILES string of the molecule is CCOc1ccccc1CNC(=O)c1cc(C)n(-c2ccccc2C(F)(F)F)c1C. The van der Waals surface area contributed by atoms with E-state index < -0.39 is 11.7 Å². The van der Waals surface area contributed by atoms with E-state index in [4.69, 9.17) is 4.74 Å². The fourth-order valence-electron chi connectivity index (χ4n) is 3.49. The lowest BCUT2D eigenvalue weighted by Crippen LogP contribution is -2.23. The van der Waals surface area contributed by atoms with Crippen molar-refractivity contribution in [2.75, 3.05) is 6.61 Å². The average molecular weight is 416 g/mol. The first-order valence-corrected chi connectivity index (χ1v) is 9.58. The molecule has 3 rings (SSSR count). The predicted octanol–water partition coefficient (Wildman–Crippen LogP) is 5.44. The lowest BCUT2D eigenvalue weighted by atomic mass is 10.1. The second-order valence-electron chi connectivity index (χ2n) is 6.86. The molecular weight excluding hydrogens is 393 g/mol. The van der Waals surface area contributed by atoms with Gasteiger partial charge in [-0.25, -0.2) is 0 Å². The highest BCUT2D eigenvalue weighted by Gasteiger charge is 2.34. The topological polar surface area (TPSA) is 43.3 Å². The number of alkyl halides is 3. The maximum atomic E-state index is 13.5. The van der Waals surface area contributed by atoms with E-state index in [0.717, 1.165) is 11.6 Å². The Morgan fingerprint density at radius 1 is 1.07 bits per heavy atom. The van der Waals surface area contributed by atoms with Crippen molar-refractivity contribution in [1.82, 2.24) is 9.88 Å². The number of carbonyl (C=O) groups excluding carboxylic acids is 1. The zero-order valence-electron chi connectivity index (χ0n) is 17.0. The van der Waals surface area contributed by atoms with E-state index in [1.54, 1.807) is 26.0 Å². The minimum atomic E-state index is -4.49. The molecule has 0 aliphatic rings. The van der Waals surface area contributed by atoms with Crippen LogP contribution in [-0.4, -0.2) is 17.1 Å². The van der Waals surface area contributed by atoms with Crippen molar-refractivity contribution in [1.29, 1.82) is 0 Å². The summed E-state index contributed by atoms with van der Waals surface area (Å²) in [6.45, 7) is 5.95. The van der Waals surface area contributed by atoms with Gasteiger partial charge >= 0.3 is 6.18 Å². The third-order valence-corrected chi connectivity index (χ3v) is 4.84. The van der Waals surface area contributed by atoms with Crippen LogP contribution in [0.3, 0.4) is 0 Å². The van der Waals surface area contributed by atoms with Crippen LogP contribution in [0.1, 0.15) is 39.8 Å². The number of amides is 1. The first-order chi connectivity index (χ1) is 14.2. The molecule has 0 aliphatic heterocycles. The fourth-order valence-corrected chi connectivity index (χ4v) is 3.49. The number of aromatic nitrogens is 1. The predicted molar refractivity (Wildman–Crippen MR) is 109 cm³/mol. The van der Waals surface area contributed by atoms with Gasteiger partial charge in [0.2, 0.25) is 0 Å². The number of nitrogens with one attached hydrogen (secondary N) is 1. The van der Waals surface area contributed by atoms with Gasteiger partial charge in [0, 0.05) is 23.5 Å². The van der Waals surface area contributed by atoms with Crippen molar-refractivity contribution in [3.63, 3.8) is 0 Å². The molecular formula is C23H23F3N2O2. The molecule has 0 aliphatic carbocycles. The van der Waals surface area contributed by atoms with Gasteiger partial charge in [-0.15, -0.1) is 0 Å². The molecule has 0 bridgehead atoms. The van der Waals surface area contributed by atoms with Crippen molar-refractivity contribution in [2.24, 2.45) is 0 Å². The third-order valence-electron chi connectivity index (χ3n) is 4.84. The summed E-state index contributed by atoms with van der Waals surface area (Å²) >= 11 is 0. The number of halogens is 3.